The molecule has 0 saturated heterocycles. The van der Waals surface area contributed by atoms with Crippen LogP contribution in [0.3, 0.4) is 0 Å². The van der Waals surface area contributed by atoms with Crippen LogP contribution < -0.4 is 4.72 Å². The smallest absolute Gasteiger partial charge is 0.212 e. The van der Waals surface area contributed by atoms with E-state index in [1.165, 1.54) is 12.1 Å². The summed E-state index contributed by atoms with van der Waals surface area (Å²) in [6.45, 7) is 1.84. The second-order valence-corrected chi connectivity index (χ2v) is 8.69. The van der Waals surface area contributed by atoms with E-state index in [0.717, 1.165) is 36.5 Å². The molecule has 0 bridgehead atoms. The first-order chi connectivity index (χ1) is 12.9. The van der Waals surface area contributed by atoms with Gasteiger partial charge in [0, 0.05) is 12.1 Å². The van der Waals surface area contributed by atoms with Crippen molar-refractivity contribution in [3.05, 3.63) is 65.7 Å². The Morgan fingerprint density at radius 1 is 1.00 bits per heavy atom. The molecular weight excluding hydrogens is 368 g/mol. The van der Waals surface area contributed by atoms with Crippen LogP contribution >= 0.6 is 0 Å². The van der Waals surface area contributed by atoms with E-state index >= 15 is 0 Å². The molecule has 0 aromatic heterocycles. The van der Waals surface area contributed by atoms with Crippen molar-refractivity contribution in [2.75, 3.05) is 5.75 Å². The molecule has 0 radical (unpaired) electrons. The summed E-state index contributed by atoms with van der Waals surface area (Å²) in [5, 5.41) is 0. The molecule has 0 heterocycles. The van der Waals surface area contributed by atoms with Crippen molar-refractivity contribution in [3.8, 4) is 11.1 Å². The van der Waals surface area contributed by atoms with E-state index < -0.39 is 21.7 Å². The monoisotopic (exact) mass is 391 g/mol. The summed E-state index contributed by atoms with van der Waals surface area (Å²) in [7, 11) is -3.31. The predicted molar refractivity (Wildman–Crippen MR) is 105 cm³/mol. The zero-order valence-corrected chi connectivity index (χ0v) is 16.0. The molecule has 0 aliphatic heterocycles. The number of rotatable bonds is 6. The number of nitrogens with one attached hydrogen (secondary N) is 1. The minimum absolute atomic E-state index is 0.112. The van der Waals surface area contributed by atoms with Crippen LogP contribution in [-0.4, -0.2) is 20.2 Å². The van der Waals surface area contributed by atoms with Gasteiger partial charge in [0.25, 0.3) is 0 Å². The summed E-state index contributed by atoms with van der Waals surface area (Å²) < 4.78 is 54.0. The van der Waals surface area contributed by atoms with Gasteiger partial charge in [-0.1, -0.05) is 37.3 Å². The highest BCUT2D eigenvalue weighted by Crippen LogP contribution is 2.30. The molecule has 1 aliphatic carbocycles. The molecule has 6 heteroatoms. The van der Waals surface area contributed by atoms with Crippen molar-refractivity contribution in [3.63, 3.8) is 0 Å². The number of hydrogen-bond acceptors (Lipinski definition) is 2. The highest BCUT2D eigenvalue weighted by Gasteiger charge is 2.23. The van der Waals surface area contributed by atoms with Crippen LogP contribution in [0.2, 0.25) is 0 Å². The quantitative estimate of drug-likeness (QED) is 0.761. The van der Waals surface area contributed by atoms with Gasteiger partial charge in [-0.15, -0.1) is 0 Å². The van der Waals surface area contributed by atoms with E-state index in [2.05, 4.69) is 10.8 Å². The molecule has 1 atom stereocenters. The van der Waals surface area contributed by atoms with E-state index in [4.69, 9.17) is 0 Å². The topological polar surface area (TPSA) is 46.2 Å². The molecule has 3 nitrogen and oxygen atoms in total. The standard InChI is InChI=1S/C21H23F2NO2S/c1-2-11-27(25,26)24-21-6-4-3-5-20(21)16-9-7-15(8-10-16)17-12-18(22)14-19(23)13-17/h5,7-10,12-14,21,24H,2-4,6,11H2,1H3. The van der Waals surface area contributed by atoms with E-state index in [1.807, 2.05) is 19.1 Å². The van der Waals surface area contributed by atoms with Gasteiger partial charge < -0.3 is 0 Å². The number of halogens is 2. The van der Waals surface area contributed by atoms with Gasteiger partial charge in [0.05, 0.1) is 5.75 Å². The lowest BCUT2D eigenvalue weighted by atomic mass is 9.89. The summed E-state index contributed by atoms with van der Waals surface area (Å²) >= 11 is 0. The molecule has 0 spiro atoms. The molecule has 1 unspecified atom stereocenters. The lowest BCUT2D eigenvalue weighted by molar-refractivity contribution is 0.553. The maximum atomic E-state index is 13.4. The zero-order valence-electron chi connectivity index (χ0n) is 15.2. The van der Waals surface area contributed by atoms with Crippen LogP contribution in [0.25, 0.3) is 16.7 Å². The second-order valence-electron chi connectivity index (χ2n) is 6.82. The average Bonchev–Trinajstić information content (AvgIpc) is 2.61. The molecule has 1 N–H and O–H groups in total. The Hall–Kier alpha value is -2.05. The molecule has 0 amide bonds. The Bertz CT molecular complexity index is 917. The lowest BCUT2D eigenvalue weighted by Crippen LogP contribution is -2.38. The van der Waals surface area contributed by atoms with Crippen LogP contribution in [0.1, 0.15) is 38.2 Å². The van der Waals surface area contributed by atoms with Gasteiger partial charge in [-0.05, 0) is 60.1 Å². The van der Waals surface area contributed by atoms with Crippen molar-refractivity contribution in [2.45, 2.75) is 38.6 Å². The van der Waals surface area contributed by atoms with Crippen LogP contribution in [0.5, 0.6) is 0 Å². The Balaban J connectivity index is 1.85. The minimum Gasteiger partial charge on any atom is -0.212 e. The summed E-state index contributed by atoms with van der Waals surface area (Å²) in [6.07, 6.45) is 5.23. The van der Waals surface area contributed by atoms with Gasteiger partial charge in [-0.2, -0.15) is 0 Å². The first-order valence-electron chi connectivity index (χ1n) is 9.15. The van der Waals surface area contributed by atoms with Gasteiger partial charge in [-0.3, -0.25) is 0 Å². The molecule has 144 valence electrons. The molecular formula is C21H23F2NO2S. The van der Waals surface area contributed by atoms with Crippen molar-refractivity contribution < 1.29 is 17.2 Å². The van der Waals surface area contributed by atoms with Gasteiger partial charge in [0.2, 0.25) is 10.0 Å². The molecule has 0 fully saturated rings. The zero-order chi connectivity index (χ0) is 19.4. The summed E-state index contributed by atoms with van der Waals surface area (Å²) in [6, 6.07) is 10.5. The first-order valence-corrected chi connectivity index (χ1v) is 10.8. The number of hydrogen-bond donors (Lipinski definition) is 1. The highest BCUT2D eigenvalue weighted by molar-refractivity contribution is 7.89. The van der Waals surface area contributed by atoms with E-state index in [0.29, 0.717) is 17.5 Å². The van der Waals surface area contributed by atoms with Crippen LogP contribution in [0.4, 0.5) is 8.78 Å². The fourth-order valence-electron chi connectivity index (χ4n) is 3.44. The Kier molecular flexibility index (Phi) is 6.07. The Morgan fingerprint density at radius 2 is 1.63 bits per heavy atom. The van der Waals surface area contributed by atoms with E-state index in [1.54, 1.807) is 12.1 Å². The van der Waals surface area contributed by atoms with Crippen molar-refractivity contribution in [2.24, 2.45) is 0 Å². The van der Waals surface area contributed by atoms with Gasteiger partial charge >= 0.3 is 0 Å². The maximum Gasteiger partial charge on any atom is 0.212 e. The second kappa shape index (κ2) is 8.31. The van der Waals surface area contributed by atoms with E-state index in [-0.39, 0.29) is 11.8 Å². The fraction of sp³-hybridized carbons (Fsp3) is 0.333. The molecule has 0 saturated carbocycles. The van der Waals surface area contributed by atoms with Crippen molar-refractivity contribution in [1.29, 1.82) is 0 Å². The van der Waals surface area contributed by atoms with Crippen molar-refractivity contribution in [1.82, 2.24) is 4.72 Å². The molecule has 2 aromatic carbocycles. The summed E-state index contributed by atoms with van der Waals surface area (Å²) in [4.78, 5) is 0. The van der Waals surface area contributed by atoms with Gasteiger partial charge in [0.15, 0.2) is 0 Å². The first kappa shape index (κ1) is 19.7. The molecule has 27 heavy (non-hydrogen) atoms. The highest BCUT2D eigenvalue weighted by atomic mass is 32.2. The Labute approximate surface area is 159 Å². The molecule has 2 aromatic rings. The molecule has 1 aliphatic rings. The number of benzene rings is 2. The van der Waals surface area contributed by atoms with Gasteiger partial charge in [-0.25, -0.2) is 21.9 Å². The predicted octanol–water partition coefficient (Wildman–Crippen LogP) is 4.90. The third kappa shape index (κ3) is 5.02. The van der Waals surface area contributed by atoms with Crippen molar-refractivity contribution >= 4 is 15.6 Å². The Morgan fingerprint density at radius 3 is 2.26 bits per heavy atom. The van der Waals surface area contributed by atoms with Crippen LogP contribution in [0, 0.1) is 11.6 Å². The fourth-order valence-corrected chi connectivity index (χ4v) is 4.77. The number of sulfonamides is 1. The summed E-state index contributed by atoms with van der Waals surface area (Å²) in [5.74, 6) is -1.12. The SMILES string of the molecule is CCCS(=O)(=O)NC1CCCC=C1c1ccc(-c2cc(F)cc(F)c2)cc1. The van der Waals surface area contributed by atoms with Gasteiger partial charge in [0.1, 0.15) is 11.6 Å². The maximum absolute atomic E-state index is 13.4. The normalized spacial score (nSPS) is 17.6. The van der Waals surface area contributed by atoms with Crippen LogP contribution in [0.15, 0.2) is 48.5 Å². The minimum atomic E-state index is -3.31. The third-order valence-corrected chi connectivity index (χ3v) is 6.23. The molecule has 3 rings (SSSR count). The summed E-state index contributed by atoms with van der Waals surface area (Å²) in [5.41, 5.74) is 3.05. The lowest BCUT2D eigenvalue weighted by Gasteiger charge is -2.25. The van der Waals surface area contributed by atoms with Crippen LogP contribution in [-0.2, 0) is 10.0 Å². The third-order valence-electron chi connectivity index (χ3n) is 4.65. The number of allylic oxidation sites excluding steroid dienone is 1. The largest absolute Gasteiger partial charge is 0.212 e. The van der Waals surface area contributed by atoms with E-state index in [9.17, 15) is 17.2 Å². The average molecular weight is 391 g/mol.